The van der Waals surface area contributed by atoms with Gasteiger partial charge in [-0.15, -0.1) is 24.8 Å². The summed E-state index contributed by atoms with van der Waals surface area (Å²) in [6.45, 7) is 0.976. The second-order valence-corrected chi connectivity index (χ2v) is 7.11. The van der Waals surface area contributed by atoms with Crippen LogP contribution in [0.3, 0.4) is 0 Å². The van der Waals surface area contributed by atoms with Crippen molar-refractivity contribution in [2.75, 3.05) is 20.6 Å². The van der Waals surface area contributed by atoms with E-state index in [4.69, 9.17) is 0 Å². The van der Waals surface area contributed by atoms with Crippen LogP contribution in [-0.2, 0) is 6.54 Å². The molecule has 3 heterocycles. The summed E-state index contributed by atoms with van der Waals surface area (Å²) in [4.78, 5) is 32.7. The highest BCUT2D eigenvalue weighted by atomic mass is 35.5. The lowest BCUT2D eigenvalue weighted by Gasteiger charge is -2.12. The van der Waals surface area contributed by atoms with Crippen molar-refractivity contribution < 1.29 is 0 Å². The zero-order chi connectivity index (χ0) is 18.7. The van der Waals surface area contributed by atoms with Gasteiger partial charge in [-0.1, -0.05) is 18.2 Å². The van der Waals surface area contributed by atoms with Gasteiger partial charge in [-0.2, -0.15) is 0 Å². The third-order valence-corrected chi connectivity index (χ3v) is 5.20. The third-order valence-electron chi connectivity index (χ3n) is 5.20. The van der Waals surface area contributed by atoms with Crippen LogP contribution in [0, 0.1) is 0 Å². The molecule has 0 spiro atoms. The van der Waals surface area contributed by atoms with Gasteiger partial charge in [0.15, 0.2) is 0 Å². The van der Waals surface area contributed by atoms with Gasteiger partial charge in [0, 0.05) is 35.4 Å². The number of hydrogen-bond donors (Lipinski definition) is 0. The third kappa shape index (κ3) is 2.95. The fraction of sp³-hybridized carbons (Fsp3) is 0.190. The molecular weight excluding hydrogens is 411 g/mol. The number of nitrogens with zero attached hydrogens (tertiary/aromatic N) is 4. The summed E-state index contributed by atoms with van der Waals surface area (Å²) in [6.07, 6.45) is 1.76. The Morgan fingerprint density at radius 3 is 2.41 bits per heavy atom. The molecule has 0 aliphatic rings. The fourth-order valence-corrected chi connectivity index (χ4v) is 3.94. The number of likely N-dealkylation sites (N-methyl/N-ethyl adjacent to an activating group) is 1. The van der Waals surface area contributed by atoms with E-state index in [0.29, 0.717) is 24.0 Å². The number of pyridine rings is 1. The smallest absolute Gasteiger partial charge is 0.308 e. The second-order valence-electron chi connectivity index (χ2n) is 7.11. The Balaban J connectivity index is 0.00000120. The van der Waals surface area contributed by atoms with Crippen molar-refractivity contribution >= 4 is 62.9 Å². The minimum Gasteiger partial charge on any atom is -0.308 e. The Morgan fingerprint density at radius 2 is 1.66 bits per heavy atom. The summed E-state index contributed by atoms with van der Waals surface area (Å²) >= 11 is 0. The summed E-state index contributed by atoms with van der Waals surface area (Å²) in [5.74, 6) is 0. The lowest BCUT2D eigenvalue weighted by molar-refractivity contribution is 0.376. The summed E-state index contributed by atoms with van der Waals surface area (Å²) in [5, 5.41) is 3.43. The first-order valence-electron chi connectivity index (χ1n) is 8.90. The molecule has 0 N–H and O–H groups in total. The minimum atomic E-state index is -0.288. The standard InChI is InChI=1S/C21H18N4O2.2ClH/c1-23(2)11-12-24-20(26)15-6-3-5-14-18-13-7-4-10-22-16(13)8-9-17(18)25(19(14)15)21(24)27;;/h3-10H,11-12H2,1-2H3;2*1H. The van der Waals surface area contributed by atoms with E-state index in [1.165, 1.54) is 4.57 Å². The molecule has 0 saturated heterocycles. The van der Waals surface area contributed by atoms with Crippen molar-refractivity contribution in [1.82, 2.24) is 18.9 Å². The van der Waals surface area contributed by atoms with Crippen LogP contribution in [0.4, 0.5) is 0 Å². The molecule has 6 nitrogen and oxygen atoms in total. The molecule has 0 aliphatic carbocycles. The van der Waals surface area contributed by atoms with E-state index in [0.717, 1.165) is 27.2 Å². The van der Waals surface area contributed by atoms with Crippen LogP contribution < -0.4 is 11.2 Å². The van der Waals surface area contributed by atoms with Crippen molar-refractivity contribution in [2.45, 2.75) is 6.54 Å². The quantitative estimate of drug-likeness (QED) is 0.441. The molecule has 3 aromatic heterocycles. The Kier molecular flexibility index (Phi) is 5.54. The van der Waals surface area contributed by atoms with Gasteiger partial charge in [0.2, 0.25) is 0 Å². The number of benzene rings is 2. The van der Waals surface area contributed by atoms with Crippen LogP contribution in [0.5, 0.6) is 0 Å². The Bertz CT molecular complexity index is 1460. The predicted octanol–water partition coefficient (Wildman–Crippen LogP) is 3.16. The van der Waals surface area contributed by atoms with Gasteiger partial charge in [-0.25, -0.2) is 4.79 Å². The number of aromatic nitrogens is 3. The summed E-state index contributed by atoms with van der Waals surface area (Å²) in [6, 6.07) is 13.4. The summed E-state index contributed by atoms with van der Waals surface area (Å²) in [7, 11) is 3.85. The van der Waals surface area contributed by atoms with Crippen LogP contribution in [0.25, 0.3) is 38.1 Å². The number of rotatable bonds is 3. The molecule has 0 aliphatic heterocycles. The maximum atomic E-state index is 13.3. The molecule has 0 unspecified atom stereocenters. The maximum Gasteiger partial charge on any atom is 0.336 e. The molecule has 150 valence electrons. The maximum absolute atomic E-state index is 13.3. The van der Waals surface area contributed by atoms with Crippen LogP contribution >= 0.6 is 24.8 Å². The average molecular weight is 431 g/mol. The van der Waals surface area contributed by atoms with Gasteiger partial charge in [0.1, 0.15) is 0 Å². The van der Waals surface area contributed by atoms with Gasteiger partial charge >= 0.3 is 5.69 Å². The van der Waals surface area contributed by atoms with Crippen molar-refractivity contribution in [3.05, 3.63) is 69.5 Å². The molecule has 0 radical (unpaired) electrons. The van der Waals surface area contributed by atoms with Gasteiger partial charge in [-0.05, 0) is 38.4 Å². The number of halogens is 2. The van der Waals surface area contributed by atoms with Crippen LogP contribution in [0.15, 0.2) is 58.3 Å². The molecule has 0 amide bonds. The van der Waals surface area contributed by atoms with E-state index in [2.05, 4.69) is 4.98 Å². The molecule has 8 heteroatoms. The van der Waals surface area contributed by atoms with E-state index < -0.39 is 0 Å². The minimum absolute atomic E-state index is 0. The normalized spacial score (nSPS) is 11.4. The zero-order valence-corrected chi connectivity index (χ0v) is 17.6. The fourth-order valence-electron chi connectivity index (χ4n) is 3.94. The first kappa shape index (κ1) is 21.0. The monoisotopic (exact) mass is 430 g/mol. The Labute approximate surface area is 178 Å². The highest BCUT2D eigenvalue weighted by Crippen LogP contribution is 2.34. The average Bonchev–Trinajstić information content (AvgIpc) is 3.01. The van der Waals surface area contributed by atoms with E-state index >= 15 is 0 Å². The Hall–Kier alpha value is -2.67. The number of fused-ring (bicyclic) bond motifs is 5. The molecule has 29 heavy (non-hydrogen) atoms. The number of para-hydroxylation sites is 1. The van der Waals surface area contributed by atoms with E-state index in [1.807, 2.05) is 55.4 Å². The second kappa shape index (κ2) is 7.63. The van der Waals surface area contributed by atoms with Gasteiger partial charge in [-0.3, -0.25) is 18.7 Å². The molecule has 0 atom stereocenters. The summed E-state index contributed by atoms with van der Waals surface area (Å²) in [5.41, 5.74) is 1.86. The Morgan fingerprint density at radius 1 is 0.931 bits per heavy atom. The van der Waals surface area contributed by atoms with Crippen molar-refractivity contribution in [3.8, 4) is 0 Å². The predicted molar refractivity (Wildman–Crippen MR) is 122 cm³/mol. The number of hydrogen-bond acceptors (Lipinski definition) is 4. The topological polar surface area (TPSA) is 59.6 Å². The molecule has 0 saturated carbocycles. The molecule has 0 fully saturated rings. The van der Waals surface area contributed by atoms with Crippen molar-refractivity contribution in [3.63, 3.8) is 0 Å². The summed E-state index contributed by atoms with van der Waals surface area (Å²) < 4.78 is 3.03. The van der Waals surface area contributed by atoms with Crippen molar-refractivity contribution in [2.24, 2.45) is 0 Å². The van der Waals surface area contributed by atoms with E-state index in [9.17, 15) is 9.59 Å². The van der Waals surface area contributed by atoms with Gasteiger partial charge in [0.25, 0.3) is 5.56 Å². The highest BCUT2D eigenvalue weighted by Gasteiger charge is 2.19. The molecule has 5 rings (SSSR count). The van der Waals surface area contributed by atoms with Crippen molar-refractivity contribution in [1.29, 1.82) is 0 Å². The first-order chi connectivity index (χ1) is 13.1. The van der Waals surface area contributed by atoms with Crippen LogP contribution in [0.2, 0.25) is 0 Å². The largest absolute Gasteiger partial charge is 0.336 e. The van der Waals surface area contributed by atoms with Gasteiger partial charge < -0.3 is 4.90 Å². The first-order valence-corrected chi connectivity index (χ1v) is 8.90. The lowest BCUT2D eigenvalue weighted by atomic mass is 10.1. The molecule has 0 bridgehead atoms. The molecule has 5 aromatic rings. The van der Waals surface area contributed by atoms with Crippen LogP contribution in [0.1, 0.15) is 0 Å². The SMILES string of the molecule is CN(C)CCn1c(=O)c2cccc3c4c5cccnc5ccc4n(c1=O)c23.Cl.Cl. The molecular formula is C21H20Cl2N4O2. The van der Waals surface area contributed by atoms with Gasteiger partial charge in [0.05, 0.1) is 21.9 Å². The zero-order valence-electron chi connectivity index (χ0n) is 16.0. The lowest BCUT2D eigenvalue weighted by Crippen LogP contribution is -2.39. The van der Waals surface area contributed by atoms with E-state index in [1.54, 1.807) is 16.7 Å². The highest BCUT2D eigenvalue weighted by molar-refractivity contribution is 6.22. The van der Waals surface area contributed by atoms with E-state index in [-0.39, 0.29) is 36.1 Å². The van der Waals surface area contributed by atoms with Crippen LogP contribution in [-0.4, -0.2) is 39.5 Å². The molecule has 2 aromatic carbocycles.